The predicted molar refractivity (Wildman–Crippen MR) is 56.5 cm³/mol. The second-order valence-corrected chi connectivity index (χ2v) is 4.29. The third-order valence-corrected chi connectivity index (χ3v) is 3.06. The number of hydrogen-bond donors (Lipinski definition) is 0. The smallest absolute Gasteiger partial charge is 0.0173 e. The fourth-order valence-electron chi connectivity index (χ4n) is 2.11. The average Bonchev–Trinajstić information content (AvgIpc) is 2.62. The molecule has 1 heterocycles. The Morgan fingerprint density at radius 2 is 2.00 bits per heavy atom. The minimum absolute atomic E-state index is 1.20. The molecule has 0 unspecified atom stereocenters. The molecule has 0 atom stereocenters. The first-order valence-electron chi connectivity index (χ1n) is 5.44. The number of hydrogen-bond acceptors (Lipinski definition) is 1. The molecule has 0 aromatic carbocycles. The van der Waals surface area contributed by atoms with Crippen molar-refractivity contribution in [2.45, 2.75) is 39.0 Å². The van der Waals surface area contributed by atoms with E-state index in [0.29, 0.717) is 0 Å². The summed E-state index contributed by atoms with van der Waals surface area (Å²) in [6.45, 7) is 4.81. The summed E-state index contributed by atoms with van der Waals surface area (Å²) in [5.41, 5.74) is 3.20. The first kappa shape index (κ1) is 8.86. The van der Waals surface area contributed by atoms with Gasteiger partial charge in [0.1, 0.15) is 0 Å². The first-order valence-corrected chi connectivity index (χ1v) is 5.44. The largest absolute Gasteiger partial charge is 0.377 e. The summed E-state index contributed by atoms with van der Waals surface area (Å²) in [7, 11) is 0. The van der Waals surface area contributed by atoms with E-state index in [-0.39, 0.29) is 0 Å². The molecular formula is C12H19N. The maximum atomic E-state index is 2.49. The molecule has 0 radical (unpaired) electrons. The van der Waals surface area contributed by atoms with Gasteiger partial charge in [0.25, 0.3) is 0 Å². The van der Waals surface area contributed by atoms with Crippen molar-refractivity contribution in [3.63, 3.8) is 0 Å². The van der Waals surface area contributed by atoms with Crippen LogP contribution in [0.4, 0.5) is 0 Å². The van der Waals surface area contributed by atoms with Crippen molar-refractivity contribution >= 4 is 0 Å². The van der Waals surface area contributed by atoms with E-state index >= 15 is 0 Å². The SMILES string of the molecule is CC1=CC/C(=C/N2CCCC2)CC1. The second kappa shape index (κ2) is 3.99. The lowest BCUT2D eigenvalue weighted by Crippen LogP contribution is -2.12. The van der Waals surface area contributed by atoms with Crippen LogP contribution in [0.3, 0.4) is 0 Å². The van der Waals surface area contributed by atoms with Crippen LogP contribution in [0.25, 0.3) is 0 Å². The Labute approximate surface area is 81.1 Å². The van der Waals surface area contributed by atoms with Gasteiger partial charge >= 0.3 is 0 Å². The third kappa shape index (κ3) is 2.36. The molecule has 1 fully saturated rings. The topological polar surface area (TPSA) is 3.24 Å². The molecule has 72 valence electrons. The van der Waals surface area contributed by atoms with E-state index in [0.717, 1.165) is 0 Å². The van der Waals surface area contributed by atoms with Gasteiger partial charge in [-0.3, -0.25) is 0 Å². The Bertz CT molecular complexity index is 232. The Hall–Kier alpha value is -0.720. The number of likely N-dealkylation sites (tertiary alicyclic amines) is 1. The van der Waals surface area contributed by atoms with Crippen LogP contribution in [0.15, 0.2) is 23.4 Å². The van der Waals surface area contributed by atoms with Crippen LogP contribution in [0, 0.1) is 0 Å². The Kier molecular flexibility index (Phi) is 2.72. The lowest BCUT2D eigenvalue weighted by Gasteiger charge is -2.17. The van der Waals surface area contributed by atoms with Gasteiger partial charge in [-0.15, -0.1) is 0 Å². The Balaban J connectivity index is 1.93. The van der Waals surface area contributed by atoms with E-state index < -0.39 is 0 Å². The van der Waals surface area contributed by atoms with Crippen LogP contribution >= 0.6 is 0 Å². The van der Waals surface area contributed by atoms with Gasteiger partial charge in [-0.2, -0.15) is 0 Å². The maximum Gasteiger partial charge on any atom is 0.0173 e. The van der Waals surface area contributed by atoms with Crippen molar-refractivity contribution in [2.75, 3.05) is 13.1 Å². The minimum Gasteiger partial charge on any atom is -0.377 e. The normalized spacial score (nSPS) is 26.7. The van der Waals surface area contributed by atoms with Crippen molar-refractivity contribution in [1.82, 2.24) is 4.90 Å². The van der Waals surface area contributed by atoms with E-state index in [1.165, 1.54) is 45.2 Å². The predicted octanol–water partition coefficient (Wildman–Crippen LogP) is 3.10. The number of allylic oxidation sites excluding steroid dienone is 3. The van der Waals surface area contributed by atoms with Crippen LogP contribution in [0.1, 0.15) is 39.0 Å². The molecule has 0 aromatic rings. The van der Waals surface area contributed by atoms with Gasteiger partial charge < -0.3 is 4.90 Å². The minimum atomic E-state index is 1.20. The summed E-state index contributed by atoms with van der Waals surface area (Å²) in [5, 5.41) is 0. The molecule has 0 bridgehead atoms. The van der Waals surface area contributed by atoms with Crippen LogP contribution < -0.4 is 0 Å². The lowest BCUT2D eigenvalue weighted by molar-refractivity contribution is 0.460. The fraction of sp³-hybridized carbons (Fsp3) is 0.667. The molecule has 1 nitrogen and oxygen atoms in total. The molecule has 0 amide bonds. The molecule has 0 saturated carbocycles. The molecule has 1 saturated heterocycles. The standard InChI is InChI=1S/C12H19N/c1-11-4-6-12(7-5-11)10-13-8-2-3-9-13/h4,10H,2-3,5-9H2,1H3/b12-10-. The van der Waals surface area contributed by atoms with Crippen LogP contribution in [-0.4, -0.2) is 18.0 Å². The maximum absolute atomic E-state index is 2.49. The quantitative estimate of drug-likeness (QED) is 0.556. The number of rotatable bonds is 1. The monoisotopic (exact) mass is 177 g/mol. The molecule has 0 spiro atoms. The third-order valence-electron chi connectivity index (χ3n) is 3.06. The molecular weight excluding hydrogens is 158 g/mol. The molecule has 13 heavy (non-hydrogen) atoms. The van der Waals surface area contributed by atoms with Crippen molar-refractivity contribution in [1.29, 1.82) is 0 Å². The van der Waals surface area contributed by atoms with E-state index in [9.17, 15) is 0 Å². The molecule has 2 aliphatic rings. The lowest BCUT2D eigenvalue weighted by atomic mass is 9.96. The van der Waals surface area contributed by atoms with Gasteiger partial charge in [0, 0.05) is 13.1 Å². The summed E-state index contributed by atoms with van der Waals surface area (Å²) in [6.07, 6.45) is 11.3. The fourth-order valence-corrected chi connectivity index (χ4v) is 2.11. The number of nitrogens with zero attached hydrogens (tertiary/aromatic N) is 1. The van der Waals surface area contributed by atoms with Gasteiger partial charge in [0.15, 0.2) is 0 Å². The van der Waals surface area contributed by atoms with Gasteiger partial charge in [-0.05, 0) is 45.2 Å². The van der Waals surface area contributed by atoms with Crippen molar-refractivity contribution in [3.8, 4) is 0 Å². The van der Waals surface area contributed by atoms with Crippen LogP contribution in [0.5, 0.6) is 0 Å². The highest BCUT2D eigenvalue weighted by atomic mass is 15.1. The zero-order valence-corrected chi connectivity index (χ0v) is 8.55. The molecule has 0 N–H and O–H groups in total. The van der Waals surface area contributed by atoms with Crippen molar-refractivity contribution < 1.29 is 0 Å². The van der Waals surface area contributed by atoms with Crippen molar-refractivity contribution in [3.05, 3.63) is 23.4 Å². The Morgan fingerprint density at radius 3 is 2.62 bits per heavy atom. The van der Waals surface area contributed by atoms with E-state index in [4.69, 9.17) is 0 Å². The van der Waals surface area contributed by atoms with E-state index in [2.05, 4.69) is 24.1 Å². The van der Waals surface area contributed by atoms with Gasteiger partial charge in [0.05, 0.1) is 0 Å². The average molecular weight is 177 g/mol. The van der Waals surface area contributed by atoms with Gasteiger partial charge in [0.2, 0.25) is 0 Å². The summed E-state index contributed by atoms with van der Waals surface area (Å²) in [5.74, 6) is 0. The summed E-state index contributed by atoms with van der Waals surface area (Å²) < 4.78 is 0. The molecule has 0 aromatic heterocycles. The summed E-state index contributed by atoms with van der Waals surface area (Å²) in [6, 6.07) is 0. The Morgan fingerprint density at radius 1 is 1.23 bits per heavy atom. The summed E-state index contributed by atoms with van der Waals surface area (Å²) >= 11 is 0. The van der Waals surface area contributed by atoms with Crippen molar-refractivity contribution in [2.24, 2.45) is 0 Å². The highest BCUT2D eigenvalue weighted by molar-refractivity contribution is 5.17. The van der Waals surface area contributed by atoms with Gasteiger partial charge in [-0.1, -0.05) is 17.2 Å². The molecule has 1 aliphatic heterocycles. The molecule has 2 rings (SSSR count). The van der Waals surface area contributed by atoms with Gasteiger partial charge in [-0.25, -0.2) is 0 Å². The van der Waals surface area contributed by atoms with Crippen LogP contribution in [-0.2, 0) is 0 Å². The van der Waals surface area contributed by atoms with E-state index in [1.807, 2.05) is 0 Å². The molecule has 1 aliphatic carbocycles. The highest BCUT2D eigenvalue weighted by Gasteiger charge is 2.10. The first-order chi connectivity index (χ1) is 6.34. The van der Waals surface area contributed by atoms with E-state index in [1.54, 1.807) is 11.1 Å². The van der Waals surface area contributed by atoms with Crippen LogP contribution in [0.2, 0.25) is 0 Å². The second-order valence-electron chi connectivity index (χ2n) is 4.29. The highest BCUT2D eigenvalue weighted by Crippen LogP contribution is 2.23. The molecule has 1 heteroatoms. The summed E-state index contributed by atoms with van der Waals surface area (Å²) in [4.78, 5) is 2.49. The zero-order valence-electron chi connectivity index (χ0n) is 8.55. The zero-order chi connectivity index (χ0) is 9.10.